The molecule has 0 spiro atoms. The molecule has 122 valence electrons. The Morgan fingerprint density at radius 3 is 2.24 bits per heavy atom. The molecule has 0 radical (unpaired) electrons. The summed E-state index contributed by atoms with van der Waals surface area (Å²) in [5, 5.41) is 4.63. The van der Waals surface area contributed by atoms with Crippen LogP contribution in [0.1, 0.15) is 83.0 Å². The monoisotopic (exact) mass is 312 g/mol. The molecule has 1 atom stereocenters. The lowest BCUT2D eigenvalue weighted by molar-refractivity contribution is -0.0134. The van der Waals surface area contributed by atoms with E-state index in [1.54, 1.807) is 11.3 Å². The highest BCUT2D eigenvalue weighted by molar-refractivity contribution is 7.11. The Kier molecular flexibility index (Phi) is 6.82. The minimum absolute atomic E-state index is 0.0604. The van der Waals surface area contributed by atoms with Crippen LogP contribution in [0.5, 0.6) is 0 Å². The van der Waals surface area contributed by atoms with Gasteiger partial charge in [-0.25, -0.2) is 4.98 Å². The van der Waals surface area contributed by atoms with Crippen LogP contribution in [-0.4, -0.2) is 17.6 Å². The van der Waals surface area contributed by atoms with Gasteiger partial charge in [0.2, 0.25) is 0 Å². The summed E-state index contributed by atoms with van der Waals surface area (Å²) >= 11 is 1.81. The van der Waals surface area contributed by atoms with Gasteiger partial charge in [0.05, 0.1) is 5.69 Å². The third-order valence-electron chi connectivity index (χ3n) is 3.31. The van der Waals surface area contributed by atoms with Gasteiger partial charge in [0, 0.05) is 24.1 Å². The van der Waals surface area contributed by atoms with Gasteiger partial charge in [-0.1, -0.05) is 48.5 Å². The molecule has 0 amide bonds. The number of aromatic nitrogens is 1. The van der Waals surface area contributed by atoms with Gasteiger partial charge in [0.1, 0.15) is 11.1 Å². The van der Waals surface area contributed by atoms with Crippen LogP contribution in [0.3, 0.4) is 0 Å². The van der Waals surface area contributed by atoms with Crippen LogP contribution in [0.15, 0.2) is 0 Å². The highest BCUT2D eigenvalue weighted by atomic mass is 32.1. The number of nitrogens with zero attached hydrogens (tertiary/aromatic N) is 1. The first-order valence-electron chi connectivity index (χ1n) is 8.01. The molecule has 1 rings (SSSR count). The van der Waals surface area contributed by atoms with Crippen molar-refractivity contribution in [3.63, 3.8) is 0 Å². The van der Waals surface area contributed by atoms with Gasteiger partial charge < -0.3 is 10.1 Å². The Balaban J connectivity index is 3.09. The van der Waals surface area contributed by atoms with E-state index in [2.05, 4.69) is 60.7 Å². The molecular weight excluding hydrogens is 280 g/mol. The fourth-order valence-electron chi connectivity index (χ4n) is 2.23. The van der Waals surface area contributed by atoms with Crippen molar-refractivity contribution >= 4 is 11.3 Å². The molecular formula is C17H32N2OS. The van der Waals surface area contributed by atoms with Crippen LogP contribution >= 0.6 is 11.3 Å². The van der Waals surface area contributed by atoms with Crippen molar-refractivity contribution in [1.29, 1.82) is 0 Å². The van der Waals surface area contributed by atoms with Crippen molar-refractivity contribution in [1.82, 2.24) is 10.3 Å². The van der Waals surface area contributed by atoms with Crippen LogP contribution in [0, 0.1) is 5.41 Å². The molecule has 1 aromatic rings. The second-order valence-electron chi connectivity index (χ2n) is 7.25. The number of hydrogen-bond acceptors (Lipinski definition) is 4. The zero-order valence-corrected chi connectivity index (χ0v) is 15.7. The molecule has 0 bridgehead atoms. The maximum absolute atomic E-state index is 5.99. The first-order chi connectivity index (χ1) is 9.66. The van der Waals surface area contributed by atoms with Gasteiger partial charge >= 0.3 is 0 Å². The maximum Gasteiger partial charge on any atom is 0.123 e. The van der Waals surface area contributed by atoms with E-state index in [9.17, 15) is 0 Å². The Morgan fingerprint density at radius 1 is 1.19 bits per heavy atom. The summed E-state index contributed by atoms with van der Waals surface area (Å²) in [6, 6.07) is 0.487. The molecule has 1 N–H and O–H groups in total. The van der Waals surface area contributed by atoms with Crippen molar-refractivity contribution in [2.45, 2.75) is 80.0 Å². The van der Waals surface area contributed by atoms with Crippen molar-refractivity contribution in [2.75, 3.05) is 6.61 Å². The van der Waals surface area contributed by atoms with Crippen LogP contribution in [0.25, 0.3) is 0 Å². The number of hydrogen-bond donors (Lipinski definition) is 1. The minimum atomic E-state index is 0.0604. The van der Waals surface area contributed by atoms with Gasteiger partial charge in [-0.2, -0.15) is 0 Å². The Hall–Kier alpha value is -0.450. The average molecular weight is 313 g/mol. The molecule has 0 aliphatic carbocycles. The maximum atomic E-state index is 5.99. The first kappa shape index (κ1) is 18.6. The quantitative estimate of drug-likeness (QED) is 0.778. The Bertz CT molecular complexity index is 432. The van der Waals surface area contributed by atoms with Crippen molar-refractivity contribution in [3.8, 4) is 0 Å². The highest BCUT2D eigenvalue weighted by Gasteiger charge is 2.31. The summed E-state index contributed by atoms with van der Waals surface area (Å²) in [6.45, 7) is 19.1. The molecule has 3 nitrogen and oxygen atoms in total. The molecule has 0 saturated carbocycles. The van der Waals surface area contributed by atoms with Crippen molar-refractivity contribution in [3.05, 3.63) is 15.6 Å². The number of rotatable bonds is 7. The summed E-state index contributed by atoms with van der Waals surface area (Å²) in [6.07, 6.45) is 0.0674. The normalized spacial score (nSPS) is 14.2. The summed E-state index contributed by atoms with van der Waals surface area (Å²) in [4.78, 5) is 6.28. The lowest BCUT2D eigenvalue weighted by Crippen LogP contribution is -2.22. The second-order valence-corrected chi connectivity index (χ2v) is 8.37. The third-order valence-corrected chi connectivity index (χ3v) is 4.42. The number of ether oxygens (including phenoxy) is 1. The van der Waals surface area contributed by atoms with E-state index in [4.69, 9.17) is 9.72 Å². The van der Waals surface area contributed by atoms with Crippen molar-refractivity contribution < 1.29 is 4.74 Å². The summed E-state index contributed by atoms with van der Waals surface area (Å²) in [7, 11) is 0. The van der Waals surface area contributed by atoms with Crippen LogP contribution in [0.4, 0.5) is 0 Å². The topological polar surface area (TPSA) is 34.1 Å². The SMILES string of the molecule is CCOC(c1nc(C(C)C)c(CNC(C)C)s1)C(C)(C)C. The van der Waals surface area contributed by atoms with E-state index in [1.807, 2.05) is 0 Å². The van der Waals surface area contributed by atoms with E-state index in [0.29, 0.717) is 12.0 Å². The summed E-state index contributed by atoms with van der Waals surface area (Å²) in [5.74, 6) is 0.446. The molecule has 0 fully saturated rings. The van der Waals surface area contributed by atoms with E-state index in [1.165, 1.54) is 10.6 Å². The fourth-order valence-corrected chi connectivity index (χ4v) is 3.69. The highest BCUT2D eigenvalue weighted by Crippen LogP contribution is 2.40. The molecule has 21 heavy (non-hydrogen) atoms. The molecule has 0 aliphatic heterocycles. The summed E-state index contributed by atoms with van der Waals surface area (Å²) < 4.78 is 5.99. The van der Waals surface area contributed by atoms with Gasteiger partial charge in [-0.05, 0) is 18.3 Å². The lowest BCUT2D eigenvalue weighted by Gasteiger charge is -2.28. The second kappa shape index (κ2) is 7.70. The lowest BCUT2D eigenvalue weighted by atomic mass is 9.89. The smallest absolute Gasteiger partial charge is 0.123 e. The number of thiazole rings is 1. The van der Waals surface area contributed by atoms with E-state index in [-0.39, 0.29) is 11.5 Å². The van der Waals surface area contributed by atoms with Gasteiger partial charge in [0.25, 0.3) is 0 Å². The van der Waals surface area contributed by atoms with E-state index in [0.717, 1.165) is 18.2 Å². The standard InChI is InChI=1S/C17H32N2OS/c1-9-20-15(17(6,7)8)16-19-14(11(2)3)13(21-16)10-18-12(4)5/h11-12,15,18H,9-10H2,1-8H3. The molecule has 0 saturated heterocycles. The Morgan fingerprint density at radius 2 is 1.81 bits per heavy atom. The molecule has 0 aliphatic rings. The van der Waals surface area contributed by atoms with E-state index >= 15 is 0 Å². The molecule has 4 heteroatoms. The summed E-state index contributed by atoms with van der Waals surface area (Å²) in [5.41, 5.74) is 1.28. The zero-order chi connectivity index (χ0) is 16.2. The molecule has 1 unspecified atom stereocenters. The van der Waals surface area contributed by atoms with Gasteiger partial charge in [0.15, 0.2) is 0 Å². The van der Waals surface area contributed by atoms with E-state index < -0.39 is 0 Å². The fraction of sp³-hybridized carbons (Fsp3) is 0.824. The largest absolute Gasteiger partial charge is 0.371 e. The minimum Gasteiger partial charge on any atom is -0.371 e. The number of nitrogens with one attached hydrogen (secondary N) is 1. The van der Waals surface area contributed by atoms with Gasteiger partial charge in [-0.15, -0.1) is 11.3 Å². The predicted molar refractivity (Wildman–Crippen MR) is 92.0 cm³/mol. The third kappa shape index (κ3) is 5.35. The first-order valence-corrected chi connectivity index (χ1v) is 8.82. The predicted octanol–water partition coefficient (Wildman–Crippen LogP) is 4.89. The zero-order valence-electron chi connectivity index (χ0n) is 14.9. The molecule has 0 aromatic carbocycles. The average Bonchev–Trinajstić information content (AvgIpc) is 2.75. The molecule has 1 aromatic heterocycles. The molecule has 1 heterocycles. The van der Waals surface area contributed by atoms with Crippen LogP contribution < -0.4 is 5.32 Å². The van der Waals surface area contributed by atoms with Gasteiger partial charge in [-0.3, -0.25) is 0 Å². The Labute approximate surface area is 134 Å². The van der Waals surface area contributed by atoms with Crippen LogP contribution in [0.2, 0.25) is 0 Å². The van der Waals surface area contributed by atoms with Crippen LogP contribution in [-0.2, 0) is 11.3 Å². The van der Waals surface area contributed by atoms with Crippen molar-refractivity contribution in [2.24, 2.45) is 5.41 Å².